The number of nitrogens with zero attached hydrogens (tertiary/aromatic N) is 5. The molecule has 1 amide bonds. The third kappa shape index (κ3) is 4.33. The average Bonchev–Trinajstić information content (AvgIpc) is 3.49. The number of likely N-dealkylation sites (tertiary alicyclic amines) is 1. The van der Waals surface area contributed by atoms with E-state index in [-0.39, 0.29) is 16.8 Å². The smallest absolute Gasteiger partial charge is 0.263 e. The molecule has 1 aromatic carbocycles. The largest absolute Gasteiger partial charge is 0.438 e. The predicted molar refractivity (Wildman–Crippen MR) is 123 cm³/mol. The van der Waals surface area contributed by atoms with Crippen molar-refractivity contribution in [2.75, 3.05) is 19.3 Å². The SMILES string of the molecule is CS(=O)(=O)c1ccc(Oc2ncnc3c2cnn3C2CCN(C(=O)c3cccs3)CC2)cc1. The van der Waals surface area contributed by atoms with Gasteiger partial charge in [-0.2, -0.15) is 5.10 Å². The first-order chi connectivity index (χ1) is 15.9. The molecule has 11 heteroatoms. The molecule has 0 atom stereocenters. The Hall–Kier alpha value is -3.31. The molecule has 4 aromatic rings. The third-order valence-corrected chi connectivity index (χ3v) is 7.64. The number of rotatable bonds is 5. The number of carbonyl (C=O) groups excluding carboxylic acids is 1. The average molecular weight is 484 g/mol. The fourth-order valence-corrected chi connectivity index (χ4v) is 5.25. The van der Waals surface area contributed by atoms with E-state index in [0.717, 1.165) is 24.0 Å². The number of amides is 1. The van der Waals surface area contributed by atoms with Gasteiger partial charge in [0.15, 0.2) is 15.5 Å². The number of hydrogen-bond donors (Lipinski definition) is 0. The number of hydrogen-bond acceptors (Lipinski definition) is 8. The van der Waals surface area contributed by atoms with Crippen molar-refractivity contribution in [1.29, 1.82) is 0 Å². The lowest BCUT2D eigenvalue weighted by atomic mass is 10.1. The maximum atomic E-state index is 12.6. The van der Waals surface area contributed by atoms with Gasteiger partial charge in [0.25, 0.3) is 5.91 Å². The molecule has 1 aliphatic heterocycles. The van der Waals surface area contributed by atoms with E-state index >= 15 is 0 Å². The molecular formula is C22H21N5O4S2. The Morgan fingerprint density at radius 1 is 1.12 bits per heavy atom. The number of aromatic nitrogens is 4. The summed E-state index contributed by atoms with van der Waals surface area (Å²) in [5, 5.41) is 7.12. The van der Waals surface area contributed by atoms with E-state index in [9.17, 15) is 13.2 Å². The van der Waals surface area contributed by atoms with Crippen molar-refractivity contribution >= 4 is 38.1 Å². The first kappa shape index (κ1) is 21.5. The quantitative estimate of drug-likeness (QED) is 0.427. The van der Waals surface area contributed by atoms with Crippen LogP contribution in [0.4, 0.5) is 0 Å². The summed E-state index contributed by atoms with van der Waals surface area (Å²) >= 11 is 1.46. The van der Waals surface area contributed by atoms with Crippen LogP contribution in [0.2, 0.25) is 0 Å². The van der Waals surface area contributed by atoms with Gasteiger partial charge < -0.3 is 9.64 Å². The van der Waals surface area contributed by atoms with Crippen LogP contribution < -0.4 is 4.74 Å². The lowest BCUT2D eigenvalue weighted by Crippen LogP contribution is -2.39. The molecule has 0 aliphatic carbocycles. The van der Waals surface area contributed by atoms with E-state index < -0.39 is 9.84 Å². The van der Waals surface area contributed by atoms with Gasteiger partial charge in [0, 0.05) is 19.3 Å². The normalized spacial score (nSPS) is 15.1. The lowest BCUT2D eigenvalue weighted by molar-refractivity contribution is 0.0696. The zero-order chi connectivity index (χ0) is 23.0. The van der Waals surface area contributed by atoms with Crippen LogP contribution in [-0.4, -0.2) is 58.3 Å². The Bertz CT molecular complexity index is 1390. The molecule has 33 heavy (non-hydrogen) atoms. The highest BCUT2D eigenvalue weighted by Gasteiger charge is 2.27. The highest BCUT2D eigenvalue weighted by atomic mass is 32.2. The number of piperidine rings is 1. The summed E-state index contributed by atoms with van der Waals surface area (Å²) in [7, 11) is -3.28. The molecule has 0 saturated carbocycles. The van der Waals surface area contributed by atoms with Crippen LogP contribution in [0, 0.1) is 0 Å². The minimum atomic E-state index is -3.28. The second-order valence-electron chi connectivity index (χ2n) is 7.85. The molecule has 5 rings (SSSR count). The molecule has 1 saturated heterocycles. The summed E-state index contributed by atoms with van der Waals surface area (Å²) in [6.45, 7) is 1.31. The molecule has 4 heterocycles. The standard InChI is InChI=1S/C22H21N5O4S2/c1-33(29,30)17-6-4-16(5-7-17)31-21-18-13-25-27(20(18)23-14-24-21)15-8-10-26(11-9-15)22(28)19-3-2-12-32-19/h2-7,12-15H,8-11H2,1H3. The van der Waals surface area contributed by atoms with Crippen LogP contribution in [0.5, 0.6) is 11.6 Å². The summed E-state index contributed by atoms with van der Waals surface area (Å²) in [4.78, 5) is 24.1. The molecule has 3 aromatic heterocycles. The Morgan fingerprint density at radius 2 is 1.88 bits per heavy atom. The zero-order valence-corrected chi connectivity index (χ0v) is 19.4. The predicted octanol–water partition coefficient (Wildman–Crippen LogP) is 3.56. The van der Waals surface area contributed by atoms with Crippen LogP contribution in [0.25, 0.3) is 11.0 Å². The highest BCUT2D eigenvalue weighted by Crippen LogP contribution is 2.31. The van der Waals surface area contributed by atoms with Crippen LogP contribution >= 0.6 is 11.3 Å². The molecule has 170 valence electrons. The highest BCUT2D eigenvalue weighted by molar-refractivity contribution is 7.90. The number of sulfone groups is 1. The van der Waals surface area contributed by atoms with Crippen LogP contribution in [-0.2, 0) is 9.84 Å². The van der Waals surface area contributed by atoms with Crippen molar-refractivity contribution in [2.45, 2.75) is 23.8 Å². The van der Waals surface area contributed by atoms with Crippen molar-refractivity contribution < 1.29 is 17.9 Å². The molecule has 0 bridgehead atoms. The maximum Gasteiger partial charge on any atom is 0.263 e. The summed E-state index contributed by atoms with van der Waals surface area (Å²) in [6.07, 6.45) is 5.82. The van der Waals surface area contributed by atoms with Gasteiger partial charge in [0.1, 0.15) is 17.5 Å². The third-order valence-electron chi connectivity index (χ3n) is 5.65. The molecular weight excluding hydrogens is 462 g/mol. The number of ether oxygens (including phenoxy) is 1. The second-order valence-corrected chi connectivity index (χ2v) is 10.8. The fraction of sp³-hybridized carbons (Fsp3) is 0.273. The van der Waals surface area contributed by atoms with E-state index in [1.165, 1.54) is 29.8 Å². The maximum absolute atomic E-state index is 12.6. The summed E-state index contributed by atoms with van der Waals surface area (Å²) < 4.78 is 31.1. The molecule has 0 N–H and O–H groups in total. The summed E-state index contributed by atoms with van der Waals surface area (Å²) in [5.74, 6) is 0.896. The van der Waals surface area contributed by atoms with Crippen LogP contribution in [0.1, 0.15) is 28.6 Å². The lowest BCUT2D eigenvalue weighted by Gasteiger charge is -2.31. The Morgan fingerprint density at radius 3 is 2.55 bits per heavy atom. The summed E-state index contributed by atoms with van der Waals surface area (Å²) in [6, 6.07) is 10.0. The number of benzene rings is 1. The van der Waals surface area contributed by atoms with Gasteiger partial charge in [0.2, 0.25) is 5.88 Å². The zero-order valence-electron chi connectivity index (χ0n) is 17.8. The van der Waals surface area contributed by atoms with Crippen LogP contribution in [0.3, 0.4) is 0 Å². The Labute approximate surface area is 194 Å². The van der Waals surface area contributed by atoms with Gasteiger partial charge in [0.05, 0.1) is 22.0 Å². The van der Waals surface area contributed by atoms with Gasteiger partial charge in [-0.3, -0.25) is 4.79 Å². The molecule has 1 aliphatic rings. The van der Waals surface area contributed by atoms with Crippen LogP contribution in [0.15, 0.2) is 59.2 Å². The van der Waals surface area contributed by atoms with E-state index in [0.29, 0.717) is 35.8 Å². The molecule has 0 spiro atoms. The van der Waals surface area contributed by atoms with Gasteiger partial charge >= 0.3 is 0 Å². The van der Waals surface area contributed by atoms with Crippen molar-refractivity contribution in [3.63, 3.8) is 0 Å². The minimum Gasteiger partial charge on any atom is -0.438 e. The van der Waals surface area contributed by atoms with Gasteiger partial charge in [-0.15, -0.1) is 11.3 Å². The Balaban J connectivity index is 1.32. The Kier molecular flexibility index (Phi) is 5.59. The molecule has 1 fully saturated rings. The topological polar surface area (TPSA) is 107 Å². The first-order valence-corrected chi connectivity index (χ1v) is 13.2. The monoisotopic (exact) mass is 483 g/mol. The van der Waals surface area contributed by atoms with Gasteiger partial charge in [-0.1, -0.05) is 6.07 Å². The number of fused-ring (bicyclic) bond motifs is 1. The van der Waals surface area contributed by atoms with Crippen molar-refractivity contribution in [3.8, 4) is 11.6 Å². The number of thiophene rings is 1. The van der Waals surface area contributed by atoms with E-state index in [2.05, 4.69) is 15.1 Å². The van der Waals surface area contributed by atoms with Gasteiger partial charge in [-0.05, 0) is 48.6 Å². The fourth-order valence-electron chi connectivity index (χ4n) is 3.93. The minimum absolute atomic E-state index is 0.0775. The number of carbonyl (C=O) groups is 1. The molecule has 0 unspecified atom stereocenters. The van der Waals surface area contributed by atoms with E-state index in [1.54, 1.807) is 18.3 Å². The second kappa shape index (κ2) is 8.56. The van der Waals surface area contributed by atoms with Crippen molar-refractivity contribution in [1.82, 2.24) is 24.6 Å². The summed E-state index contributed by atoms with van der Waals surface area (Å²) in [5.41, 5.74) is 0.663. The van der Waals surface area contributed by atoms with E-state index in [1.807, 2.05) is 27.1 Å². The first-order valence-electron chi connectivity index (χ1n) is 10.4. The van der Waals surface area contributed by atoms with Gasteiger partial charge in [-0.25, -0.2) is 23.1 Å². The van der Waals surface area contributed by atoms with Crippen molar-refractivity contribution in [2.24, 2.45) is 0 Å². The molecule has 9 nitrogen and oxygen atoms in total. The molecule has 0 radical (unpaired) electrons. The van der Waals surface area contributed by atoms with Crippen molar-refractivity contribution in [3.05, 3.63) is 59.2 Å². The van der Waals surface area contributed by atoms with E-state index in [4.69, 9.17) is 4.74 Å².